The van der Waals surface area contributed by atoms with Crippen LogP contribution in [0.1, 0.15) is 16.7 Å². The van der Waals surface area contributed by atoms with Gasteiger partial charge in [0.15, 0.2) is 17.0 Å². The summed E-state index contributed by atoms with van der Waals surface area (Å²) in [7, 11) is 2.65. The zero-order chi connectivity index (χ0) is 31.1. The maximum absolute atomic E-state index is 14.6. The minimum atomic E-state index is -3.06. The van der Waals surface area contributed by atoms with Gasteiger partial charge in [-0.15, -0.1) is 0 Å². The number of hydrogen-bond donors (Lipinski definition) is 7. The minimum Gasteiger partial charge on any atom is -0.509 e. The van der Waals surface area contributed by atoms with Gasteiger partial charge < -0.3 is 37.6 Å². The number of carbonyl (C=O) groups is 3. The van der Waals surface area contributed by atoms with Crippen molar-refractivity contribution in [3.8, 4) is 11.8 Å². The van der Waals surface area contributed by atoms with Gasteiger partial charge >= 0.3 is 0 Å². The number of phenolic OH excluding ortho intramolecular Hbond substituents is 1. The van der Waals surface area contributed by atoms with Gasteiger partial charge in [0.2, 0.25) is 0 Å². The molecular formula is C29H26FN5O7. The number of aliphatic hydroxyl groups excluding tert-OH is 3. The van der Waals surface area contributed by atoms with Gasteiger partial charge in [0.05, 0.1) is 23.2 Å². The lowest BCUT2D eigenvalue weighted by Crippen LogP contribution is -2.86. The molecule has 2 aromatic carbocycles. The number of aromatic hydroxyl groups is 1. The zero-order valence-electron chi connectivity index (χ0n) is 22.3. The molecule has 0 saturated heterocycles. The average Bonchev–Trinajstić information content (AvgIpc) is 2.90. The van der Waals surface area contributed by atoms with E-state index in [0.717, 1.165) is 17.0 Å². The first-order chi connectivity index (χ1) is 19.6. The number of benzene rings is 2. The topological polar surface area (TPSA) is 237 Å². The molecule has 0 aliphatic heterocycles. The summed E-state index contributed by atoms with van der Waals surface area (Å²) in [6.45, 7) is 0. The number of phenols is 1. The molecule has 0 radical (unpaired) electrons. The summed E-state index contributed by atoms with van der Waals surface area (Å²) in [6, 6.07) is 8.82. The number of halogens is 1. The molecule has 0 spiro atoms. The van der Waals surface area contributed by atoms with Crippen LogP contribution in [0.4, 0.5) is 4.39 Å². The fourth-order valence-electron chi connectivity index (χ4n) is 6.59. The third-order valence-corrected chi connectivity index (χ3v) is 8.42. The van der Waals surface area contributed by atoms with Crippen LogP contribution in [-0.4, -0.2) is 80.1 Å². The van der Waals surface area contributed by atoms with Gasteiger partial charge in [0.1, 0.15) is 45.8 Å². The Kier molecular flexibility index (Phi) is 6.18. The number of nitriles is 1. The second kappa shape index (κ2) is 9.07. The third kappa shape index (κ3) is 3.20. The first-order valence-corrected chi connectivity index (χ1v) is 12.5. The molecule has 0 bridgehead atoms. The van der Waals surface area contributed by atoms with E-state index in [9.17, 15) is 44.5 Å². The van der Waals surface area contributed by atoms with Crippen LogP contribution in [0.15, 0.2) is 59.4 Å². The highest BCUT2D eigenvalue weighted by atomic mass is 19.1. The van der Waals surface area contributed by atoms with Crippen LogP contribution in [-0.2, 0) is 14.4 Å². The van der Waals surface area contributed by atoms with Crippen LogP contribution in [0.5, 0.6) is 5.75 Å². The van der Waals surface area contributed by atoms with Crippen LogP contribution >= 0.6 is 0 Å². The molecule has 0 heterocycles. The molecule has 12 nitrogen and oxygen atoms in total. The number of amides is 1. The van der Waals surface area contributed by atoms with Crippen molar-refractivity contribution in [1.29, 1.82) is 5.26 Å². The number of rotatable bonds is 3. The first kappa shape index (κ1) is 28.7. The smallest absolute Gasteiger partial charge is 0.255 e. The van der Waals surface area contributed by atoms with E-state index in [2.05, 4.69) is 0 Å². The van der Waals surface area contributed by atoms with E-state index in [1.807, 2.05) is 0 Å². The number of aliphatic hydroxyl groups is 3. The third-order valence-electron chi connectivity index (χ3n) is 8.42. The Morgan fingerprint density at radius 2 is 1.71 bits per heavy atom. The Bertz CT molecular complexity index is 1740. The van der Waals surface area contributed by atoms with E-state index >= 15 is 0 Å². The summed E-state index contributed by atoms with van der Waals surface area (Å²) in [5, 5.41) is 56.3. The number of hydrogen-bond acceptors (Lipinski definition) is 11. The summed E-state index contributed by atoms with van der Waals surface area (Å²) in [4.78, 5) is 41.7. The molecule has 10 N–H and O–H groups in total. The molecule has 5 rings (SSSR count). The first-order valence-electron chi connectivity index (χ1n) is 12.5. The Labute approximate surface area is 238 Å². The molecule has 1 amide bonds. The lowest BCUT2D eigenvalue weighted by Gasteiger charge is -2.61. The van der Waals surface area contributed by atoms with Crippen molar-refractivity contribution >= 4 is 34.9 Å². The number of Topliss-reactive ketones (excluding diaryl/α,β-unsaturated/α-hetero) is 2. The van der Waals surface area contributed by atoms with Crippen LogP contribution in [0, 0.1) is 22.6 Å². The van der Waals surface area contributed by atoms with Crippen molar-refractivity contribution in [3.63, 3.8) is 0 Å². The number of fused-ring (bicyclic) bond motifs is 3. The Hall–Kier alpha value is -4.87. The van der Waals surface area contributed by atoms with E-state index in [-0.39, 0.29) is 16.7 Å². The predicted octanol–water partition coefficient (Wildman–Crippen LogP) is 0.0135. The van der Waals surface area contributed by atoms with E-state index in [1.165, 1.54) is 50.5 Å². The average molecular weight is 576 g/mol. The molecule has 0 aromatic heterocycles. The molecule has 1 fully saturated rings. The number of nitrogens with zero attached hydrogens (tertiary/aromatic N) is 2. The van der Waals surface area contributed by atoms with Crippen molar-refractivity contribution in [2.45, 2.75) is 23.2 Å². The lowest BCUT2D eigenvalue weighted by molar-refractivity contribution is -0.149. The molecule has 3 aliphatic carbocycles. The van der Waals surface area contributed by atoms with Gasteiger partial charge in [-0.1, -0.05) is 24.3 Å². The number of primary amides is 1. The molecule has 216 valence electrons. The van der Waals surface area contributed by atoms with Crippen molar-refractivity contribution in [2.24, 2.45) is 22.6 Å². The number of ketones is 2. The summed E-state index contributed by atoms with van der Waals surface area (Å²) in [5.74, 6) is -7.49. The van der Waals surface area contributed by atoms with Crippen molar-refractivity contribution in [1.82, 2.24) is 4.90 Å². The van der Waals surface area contributed by atoms with Gasteiger partial charge in [-0.25, -0.2) is 4.39 Å². The Morgan fingerprint density at radius 1 is 1.10 bits per heavy atom. The van der Waals surface area contributed by atoms with Crippen LogP contribution in [0.2, 0.25) is 0 Å². The normalized spacial score (nSPS) is 31.5. The molecule has 1 saturated carbocycles. The molecule has 13 heteroatoms. The summed E-state index contributed by atoms with van der Waals surface area (Å²) >= 11 is 0. The highest BCUT2D eigenvalue weighted by molar-refractivity contribution is 6.27. The van der Waals surface area contributed by atoms with E-state index < -0.39 is 80.3 Å². The van der Waals surface area contributed by atoms with Crippen molar-refractivity contribution in [3.05, 3.63) is 81.9 Å². The van der Waals surface area contributed by atoms with Crippen LogP contribution in [0.25, 0.3) is 17.4 Å². The highest BCUT2D eigenvalue weighted by Crippen LogP contribution is 2.61. The van der Waals surface area contributed by atoms with Gasteiger partial charge in [-0.05, 0) is 55.1 Å². The summed E-state index contributed by atoms with van der Waals surface area (Å²) < 4.78 is 13.7. The lowest BCUT2D eigenvalue weighted by atomic mass is 9.45. The number of likely N-dealkylation sites (N-methyl/N-ethyl adjacent to an activating group) is 1. The van der Waals surface area contributed by atoms with Gasteiger partial charge in [-0.3, -0.25) is 19.3 Å². The van der Waals surface area contributed by atoms with Crippen molar-refractivity contribution < 1.29 is 39.2 Å². The maximum atomic E-state index is 14.6. The van der Waals surface area contributed by atoms with E-state index in [0.29, 0.717) is 5.56 Å². The van der Waals surface area contributed by atoms with Crippen LogP contribution < -0.4 is 17.2 Å². The molecule has 42 heavy (non-hydrogen) atoms. The minimum absolute atomic E-state index is 0.0455. The zero-order valence-corrected chi connectivity index (χ0v) is 22.3. The van der Waals surface area contributed by atoms with Gasteiger partial charge in [0.25, 0.3) is 5.91 Å². The van der Waals surface area contributed by atoms with Crippen LogP contribution in [0.3, 0.4) is 0 Å². The van der Waals surface area contributed by atoms with E-state index in [1.54, 1.807) is 6.07 Å². The molecule has 2 aromatic rings. The Morgan fingerprint density at radius 3 is 2.26 bits per heavy atom. The standard InChI is InChI=1S/C29H26FN5O7/c1-35(2)22-21(38)18(25(32)41)23(39)27(11-31)24(40)19-20(37)17-14(4-3-5-16(17)36)15(10-12-6-8-13(30)9-7-12)28(19,33)26(42)29(22,27)34/h3-10,22,26,36-37,39,42H,33-34H2,1-2H3,(H2,32,41)/b15-10+/t22-,26+,27+,28+,29+/m1/s1. The largest absolute Gasteiger partial charge is 0.509 e. The maximum Gasteiger partial charge on any atom is 0.255 e. The summed E-state index contributed by atoms with van der Waals surface area (Å²) in [5.41, 5.74) is 8.82. The molecular weight excluding hydrogens is 549 g/mol. The monoisotopic (exact) mass is 575 g/mol. The second-order valence-electron chi connectivity index (χ2n) is 10.7. The van der Waals surface area contributed by atoms with Crippen molar-refractivity contribution in [2.75, 3.05) is 14.1 Å². The predicted molar refractivity (Wildman–Crippen MR) is 146 cm³/mol. The molecule has 0 unspecified atom stereocenters. The number of nitrogens with two attached hydrogens (primary N) is 3. The quantitative estimate of drug-likeness (QED) is 0.241. The SMILES string of the molecule is CN(C)[C@@H]1C(=O)C(C(N)=O)=C(O)[C@@]2(C#N)C(=O)C3=C(O)c4c(O)cccc4/C(=C\c4ccc(F)cc4)[C@@]3(N)[C@H](O)[C@@]12N. The summed E-state index contributed by atoms with van der Waals surface area (Å²) in [6.07, 6.45) is -0.946. The van der Waals surface area contributed by atoms with Gasteiger partial charge in [0, 0.05) is 0 Å². The van der Waals surface area contributed by atoms with Gasteiger partial charge in [-0.2, -0.15) is 5.26 Å². The van der Waals surface area contributed by atoms with E-state index in [4.69, 9.17) is 17.2 Å². The fourth-order valence-corrected chi connectivity index (χ4v) is 6.59. The highest BCUT2D eigenvalue weighted by Gasteiger charge is 2.79. The molecule has 5 atom stereocenters. The fraction of sp³-hybridized carbons (Fsp3) is 0.241. The number of carbonyl (C=O) groups excluding carboxylic acids is 3. The second-order valence-corrected chi connectivity index (χ2v) is 10.7. The Balaban J connectivity index is 1.98. The molecule has 3 aliphatic rings.